The van der Waals surface area contributed by atoms with Crippen molar-refractivity contribution < 1.29 is 29.0 Å². The van der Waals surface area contributed by atoms with Gasteiger partial charge >= 0.3 is 13.6 Å². The Morgan fingerprint density at radius 3 is 2.59 bits per heavy atom. The lowest BCUT2D eigenvalue weighted by Crippen LogP contribution is -2.55. The van der Waals surface area contributed by atoms with Crippen molar-refractivity contribution in [2.45, 2.75) is 13.0 Å². The molecule has 17 heavy (non-hydrogen) atoms. The van der Waals surface area contributed by atoms with E-state index in [-0.39, 0.29) is 0 Å². The maximum atomic E-state index is 11.8. The second-order valence-corrected chi connectivity index (χ2v) is 5.76. The van der Waals surface area contributed by atoms with Crippen LogP contribution in [0.4, 0.5) is 0 Å². The molecule has 0 fully saturated rings. The van der Waals surface area contributed by atoms with Crippen LogP contribution in [-0.4, -0.2) is 45.4 Å². The van der Waals surface area contributed by atoms with Gasteiger partial charge in [-0.2, -0.15) is 0 Å². The first-order valence-corrected chi connectivity index (χ1v) is 6.68. The van der Waals surface area contributed by atoms with Gasteiger partial charge in [-0.3, -0.25) is 19.5 Å². The number of carbonyl (C=O) groups is 2. The fraction of sp³-hybridized carbons (Fsp3) is 0.556. The highest BCUT2D eigenvalue weighted by molar-refractivity contribution is 7.52. The van der Waals surface area contributed by atoms with E-state index in [1.54, 1.807) is 6.08 Å². The van der Waals surface area contributed by atoms with Crippen LogP contribution in [0.5, 0.6) is 0 Å². The molecule has 0 aromatic rings. The number of nitrogens with one attached hydrogen (secondary N) is 1. The van der Waals surface area contributed by atoms with E-state index in [1.807, 2.05) is 0 Å². The topological polar surface area (TPSA) is 124 Å². The summed E-state index contributed by atoms with van der Waals surface area (Å²) in [5, 5.41) is 11.6. The Kier molecular flexibility index (Phi) is 3.88. The Hall–Kier alpha value is -1.01. The molecule has 8 heteroatoms. The van der Waals surface area contributed by atoms with Crippen molar-refractivity contribution in [3.8, 4) is 0 Å². The van der Waals surface area contributed by atoms with Crippen LogP contribution >= 0.6 is 7.60 Å². The monoisotopic (exact) mass is 263 g/mol. The molecular formula is C9H14NO6P. The molecule has 2 atom stereocenters. The zero-order chi connectivity index (χ0) is 13.3. The van der Waals surface area contributed by atoms with Gasteiger partial charge in [-0.15, -0.1) is 0 Å². The summed E-state index contributed by atoms with van der Waals surface area (Å²) in [6, 6.07) is -1.17. The van der Waals surface area contributed by atoms with Gasteiger partial charge in [-0.05, 0) is 6.92 Å². The molecule has 0 aliphatic carbocycles. The molecule has 0 aromatic carbocycles. The van der Waals surface area contributed by atoms with Gasteiger partial charge in [-0.1, -0.05) is 12.2 Å². The molecule has 0 saturated heterocycles. The number of carboxylic acid groups (broad SMARTS) is 1. The molecule has 4 N–H and O–H groups in total. The maximum absolute atomic E-state index is 11.8. The zero-order valence-electron chi connectivity index (χ0n) is 9.16. The van der Waals surface area contributed by atoms with E-state index in [0.717, 1.165) is 0 Å². The van der Waals surface area contributed by atoms with E-state index in [2.05, 4.69) is 5.32 Å². The average Bonchev–Trinajstić information content (AvgIpc) is 2.15. The van der Waals surface area contributed by atoms with Gasteiger partial charge in [0.05, 0.1) is 5.41 Å². The SMILES string of the molecule is CC1(C(=O)CP(=O)(O)O)C=CCNC1C(=O)O. The van der Waals surface area contributed by atoms with Gasteiger partial charge < -0.3 is 14.9 Å². The van der Waals surface area contributed by atoms with Crippen LogP contribution in [0.2, 0.25) is 0 Å². The van der Waals surface area contributed by atoms with Crippen LogP contribution < -0.4 is 5.32 Å². The smallest absolute Gasteiger partial charge is 0.332 e. The molecule has 96 valence electrons. The first-order valence-electron chi connectivity index (χ1n) is 4.88. The molecule has 0 amide bonds. The minimum atomic E-state index is -4.49. The van der Waals surface area contributed by atoms with Crippen LogP contribution in [0.1, 0.15) is 6.92 Å². The van der Waals surface area contributed by atoms with Crippen LogP contribution in [0, 0.1) is 5.41 Å². The summed E-state index contributed by atoms with van der Waals surface area (Å²) in [6.07, 6.45) is 2.00. The van der Waals surface area contributed by atoms with Crippen molar-refractivity contribution in [3.05, 3.63) is 12.2 Å². The lowest BCUT2D eigenvalue weighted by atomic mass is 9.76. The largest absolute Gasteiger partial charge is 0.480 e. The summed E-state index contributed by atoms with van der Waals surface area (Å²) in [5.41, 5.74) is -1.44. The van der Waals surface area contributed by atoms with Gasteiger partial charge in [0.1, 0.15) is 12.2 Å². The number of hydrogen-bond donors (Lipinski definition) is 4. The van der Waals surface area contributed by atoms with Gasteiger partial charge in [-0.25, -0.2) is 0 Å². The number of Topliss-reactive ketones (excluding diaryl/α,β-unsaturated/α-hetero) is 1. The van der Waals surface area contributed by atoms with E-state index in [9.17, 15) is 14.2 Å². The molecule has 1 aliphatic rings. The van der Waals surface area contributed by atoms with Crippen molar-refractivity contribution in [1.82, 2.24) is 5.32 Å². The Bertz CT molecular complexity index is 414. The molecule has 1 aliphatic heterocycles. The number of carboxylic acids is 1. The Balaban J connectivity index is 3.01. The summed E-state index contributed by atoms with van der Waals surface area (Å²) in [4.78, 5) is 40.3. The first-order chi connectivity index (χ1) is 7.67. The summed E-state index contributed by atoms with van der Waals surface area (Å²) >= 11 is 0. The van der Waals surface area contributed by atoms with E-state index in [1.165, 1.54) is 13.0 Å². The van der Waals surface area contributed by atoms with Crippen LogP contribution in [0.15, 0.2) is 12.2 Å². The molecule has 7 nitrogen and oxygen atoms in total. The fourth-order valence-electron chi connectivity index (χ4n) is 1.75. The average molecular weight is 263 g/mol. The normalized spacial score (nSPS) is 29.0. The fourth-order valence-corrected chi connectivity index (χ4v) is 2.47. The number of hydrogen-bond acceptors (Lipinski definition) is 4. The Labute approximate surface area is 97.7 Å². The third kappa shape index (κ3) is 3.23. The Morgan fingerprint density at radius 2 is 2.12 bits per heavy atom. The highest BCUT2D eigenvalue weighted by atomic mass is 31.2. The van der Waals surface area contributed by atoms with Crippen LogP contribution in [0.3, 0.4) is 0 Å². The quantitative estimate of drug-likeness (QED) is 0.392. The van der Waals surface area contributed by atoms with E-state index in [4.69, 9.17) is 14.9 Å². The van der Waals surface area contributed by atoms with Crippen molar-refractivity contribution in [1.29, 1.82) is 0 Å². The van der Waals surface area contributed by atoms with Crippen molar-refractivity contribution in [2.24, 2.45) is 5.41 Å². The number of ketones is 1. The van der Waals surface area contributed by atoms with Gasteiger partial charge in [0.25, 0.3) is 0 Å². The zero-order valence-corrected chi connectivity index (χ0v) is 10.1. The highest BCUT2D eigenvalue weighted by Gasteiger charge is 2.45. The highest BCUT2D eigenvalue weighted by Crippen LogP contribution is 2.39. The summed E-state index contributed by atoms with van der Waals surface area (Å²) in [5.74, 6) is -2.02. The third-order valence-corrected chi connectivity index (χ3v) is 3.40. The van der Waals surface area contributed by atoms with Crippen molar-refractivity contribution in [2.75, 3.05) is 12.7 Å². The third-order valence-electron chi connectivity index (χ3n) is 2.70. The minimum absolute atomic E-state index is 0.301. The number of rotatable bonds is 4. The second kappa shape index (κ2) is 4.70. The predicted molar refractivity (Wildman–Crippen MR) is 58.6 cm³/mol. The standard InChI is InChI=1S/C9H14NO6P/c1-9(6(11)5-17(14,15)16)3-2-4-10-7(9)8(12)13/h2-3,7,10H,4-5H2,1H3,(H,12,13)(H2,14,15,16). The van der Waals surface area contributed by atoms with Crippen LogP contribution in [-0.2, 0) is 14.2 Å². The van der Waals surface area contributed by atoms with E-state index in [0.29, 0.717) is 6.54 Å². The van der Waals surface area contributed by atoms with Gasteiger partial charge in [0.15, 0.2) is 5.78 Å². The Morgan fingerprint density at radius 1 is 1.53 bits per heavy atom. The molecule has 2 unspecified atom stereocenters. The van der Waals surface area contributed by atoms with Gasteiger partial charge in [0.2, 0.25) is 0 Å². The number of aliphatic carboxylic acids is 1. The molecule has 1 heterocycles. The molecular weight excluding hydrogens is 249 g/mol. The van der Waals surface area contributed by atoms with Crippen molar-refractivity contribution in [3.63, 3.8) is 0 Å². The second-order valence-electron chi connectivity index (χ2n) is 4.11. The molecule has 0 bridgehead atoms. The lowest BCUT2D eigenvalue weighted by molar-refractivity contribution is -0.145. The maximum Gasteiger partial charge on any atom is 0.332 e. The minimum Gasteiger partial charge on any atom is -0.480 e. The van der Waals surface area contributed by atoms with Crippen LogP contribution in [0.25, 0.3) is 0 Å². The number of carbonyl (C=O) groups excluding carboxylic acids is 1. The molecule has 0 saturated carbocycles. The van der Waals surface area contributed by atoms with Crippen molar-refractivity contribution >= 4 is 19.3 Å². The van der Waals surface area contributed by atoms with E-state index < -0.39 is 37.0 Å². The van der Waals surface area contributed by atoms with Gasteiger partial charge in [0, 0.05) is 6.54 Å². The molecule has 0 aromatic heterocycles. The van der Waals surface area contributed by atoms with E-state index >= 15 is 0 Å². The molecule has 0 spiro atoms. The summed E-state index contributed by atoms with van der Waals surface area (Å²) in [7, 11) is -4.49. The molecule has 1 rings (SSSR count). The first kappa shape index (κ1) is 14.1. The summed E-state index contributed by atoms with van der Waals surface area (Å²) in [6.45, 7) is 1.65. The predicted octanol–water partition coefficient (Wildman–Crippen LogP) is -0.648. The lowest BCUT2D eigenvalue weighted by Gasteiger charge is -2.34. The molecule has 0 radical (unpaired) electrons. The summed E-state index contributed by atoms with van der Waals surface area (Å²) < 4.78 is 10.8.